The van der Waals surface area contributed by atoms with Crippen LogP contribution < -0.4 is 5.56 Å². The summed E-state index contributed by atoms with van der Waals surface area (Å²) in [5.41, 5.74) is 1.52. The summed E-state index contributed by atoms with van der Waals surface area (Å²) in [6.45, 7) is 1.97. The zero-order valence-corrected chi connectivity index (χ0v) is 12.9. The van der Waals surface area contributed by atoms with Crippen molar-refractivity contribution in [1.29, 1.82) is 0 Å². The van der Waals surface area contributed by atoms with Gasteiger partial charge >= 0.3 is 0 Å². The molecule has 0 spiro atoms. The number of aliphatic hydroxyl groups excluding tert-OH is 1. The predicted octanol–water partition coefficient (Wildman–Crippen LogP) is 2.17. The van der Waals surface area contributed by atoms with E-state index in [9.17, 15) is 4.79 Å². The third-order valence-electron chi connectivity index (χ3n) is 3.19. The zero-order valence-electron chi connectivity index (χ0n) is 12.1. The lowest BCUT2D eigenvalue weighted by Gasteiger charge is -2.12. The number of fused-ring (bicyclic) bond motifs is 1. The van der Waals surface area contributed by atoms with Crippen molar-refractivity contribution in [3.8, 4) is 5.82 Å². The van der Waals surface area contributed by atoms with Gasteiger partial charge in [-0.15, -0.1) is 0 Å². The van der Waals surface area contributed by atoms with Crippen molar-refractivity contribution >= 4 is 22.7 Å². The van der Waals surface area contributed by atoms with Gasteiger partial charge in [0.15, 0.2) is 5.16 Å². The van der Waals surface area contributed by atoms with Gasteiger partial charge in [0.05, 0.1) is 17.5 Å². The van der Waals surface area contributed by atoms with Crippen molar-refractivity contribution < 1.29 is 5.11 Å². The fourth-order valence-corrected chi connectivity index (χ4v) is 2.88. The van der Waals surface area contributed by atoms with Crippen LogP contribution in [0.25, 0.3) is 16.7 Å². The fraction of sp³-hybridized carbons (Fsp3) is 0.188. The highest BCUT2D eigenvalue weighted by Gasteiger charge is 2.13. The van der Waals surface area contributed by atoms with Crippen LogP contribution in [0.5, 0.6) is 0 Å². The summed E-state index contributed by atoms with van der Waals surface area (Å²) in [6, 6.07) is 11.0. The molecule has 2 heterocycles. The highest BCUT2D eigenvalue weighted by Crippen LogP contribution is 2.20. The lowest BCUT2D eigenvalue weighted by Crippen LogP contribution is -2.22. The van der Waals surface area contributed by atoms with E-state index in [-0.39, 0.29) is 12.2 Å². The minimum atomic E-state index is -0.151. The molecule has 0 atom stereocenters. The fourth-order valence-electron chi connectivity index (χ4n) is 2.14. The Hall–Kier alpha value is -2.18. The molecular weight excluding hydrogens is 298 g/mol. The molecule has 22 heavy (non-hydrogen) atoms. The van der Waals surface area contributed by atoms with E-state index in [1.807, 2.05) is 31.2 Å². The Morgan fingerprint density at radius 2 is 2.05 bits per heavy atom. The lowest BCUT2D eigenvalue weighted by atomic mass is 10.2. The molecule has 0 aliphatic carbocycles. The first-order valence-corrected chi connectivity index (χ1v) is 7.88. The molecule has 0 saturated carbocycles. The second kappa shape index (κ2) is 6.29. The topological polar surface area (TPSA) is 68.0 Å². The van der Waals surface area contributed by atoms with Crippen LogP contribution in [-0.4, -0.2) is 32.0 Å². The Balaban J connectivity index is 2.27. The number of thioether (sulfide) groups is 1. The first kappa shape index (κ1) is 14.7. The number of para-hydroxylation sites is 1. The van der Waals surface area contributed by atoms with Gasteiger partial charge in [0.1, 0.15) is 5.82 Å². The van der Waals surface area contributed by atoms with Gasteiger partial charge in [-0.2, -0.15) is 0 Å². The number of aromatic nitrogens is 3. The molecular formula is C16H15N3O2S. The summed E-state index contributed by atoms with van der Waals surface area (Å²) in [5, 5.41) is 10.1. The number of nitrogens with zero attached hydrogens (tertiary/aromatic N) is 3. The molecule has 0 amide bonds. The molecule has 2 aromatic heterocycles. The van der Waals surface area contributed by atoms with Crippen molar-refractivity contribution in [2.45, 2.75) is 12.1 Å². The summed E-state index contributed by atoms with van der Waals surface area (Å²) in [4.78, 5) is 21.7. The summed E-state index contributed by atoms with van der Waals surface area (Å²) >= 11 is 1.34. The Labute approximate surface area is 131 Å². The van der Waals surface area contributed by atoms with E-state index >= 15 is 0 Å². The Morgan fingerprint density at radius 1 is 1.23 bits per heavy atom. The van der Waals surface area contributed by atoms with E-state index in [0.29, 0.717) is 27.6 Å². The largest absolute Gasteiger partial charge is 0.396 e. The van der Waals surface area contributed by atoms with E-state index in [2.05, 4.69) is 9.97 Å². The van der Waals surface area contributed by atoms with Gasteiger partial charge in [0.2, 0.25) is 0 Å². The van der Waals surface area contributed by atoms with Crippen LogP contribution in [0, 0.1) is 6.92 Å². The minimum Gasteiger partial charge on any atom is -0.396 e. The Kier molecular flexibility index (Phi) is 4.22. The van der Waals surface area contributed by atoms with Gasteiger partial charge in [0, 0.05) is 11.9 Å². The smallest absolute Gasteiger partial charge is 0.267 e. The highest BCUT2D eigenvalue weighted by atomic mass is 32.2. The molecule has 0 saturated heterocycles. The van der Waals surface area contributed by atoms with Crippen LogP contribution in [-0.2, 0) is 0 Å². The molecule has 0 unspecified atom stereocenters. The number of rotatable bonds is 4. The van der Waals surface area contributed by atoms with Crippen molar-refractivity contribution in [1.82, 2.24) is 14.5 Å². The van der Waals surface area contributed by atoms with E-state index in [1.165, 1.54) is 16.3 Å². The van der Waals surface area contributed by atoms with Gasteiger partial charge in [-0.1, -0.05) is 30.0 Å². The number of benzene rings is 1. The summed E-state index contributed by atoms with van der Waals surface area (Å²) < 4.78 is 1.50. The Morgan fingerprint density at radius 3 is 2.77 bits per heavy atom. The molecule has 0 fully saturated rings. The van der Waals surface area contributed by atoms with Gasteiger partial charge in [-0.3, -0.25) is 4.79 Å². The molecule has 1 N–H and O–H groups in total. The van der Waals surface area contributed by atoms with Gasteiger partial charge < -0.3 is 5.11 Å². The van der Waals surface area contributed by atoms with E-state index < -0.39 is 0 Å². The van der Waals surface area contributed by atoms with Crippen LogP contribution in [0.4, 0.5) is 0 Å². The second-order valence-corrected chi connectivity index (χ2v) is 5.88. The summed E-state index contributed by atoms with van der Waals surface area (Å²) in [5.74, 6) is 1.01. The zero-order chi connectivity index (χ0) is 15.5. The van der Waals surface area contributed by atoms with E-state index in [4.69, 9.17) is 5.11 Å². The van der Waals surface area contributed by atoms with Crippen molar-refractivity contribution in [3.05, 3.63) is 58.5 Å². The average molecular weight is 313 g/mol. The molecule has 0 aliphatic heterocycles. The van der Waals surface area contributed by atoms with Crippen molar-refractivity contribution in [2.24, 2.45) is 0 Å². The molecule has 5 nitrogen and oxygen atoms in total. The maximum absolute atomic E-state index is 12.8. The molecule has 1 aromatic carbocycles. The quantitative estimate of drug-likeness (QED) is 0.590. The number of pyridine rings is 1. The van der Waals surface area contributed by atoms with Crippen molar-refractivity contribution in [2.75, 3.05) is 12.4 Å². The lowest BCUT2D eigenvalue weighted by molar-refractivity contribution is 0.322. The number of hydrogen-bond acceptors (Lipinski definition) is 5. The van der Waals surface area contributed by atoms with Gasteiger partial charge in [-0.05, 0) is 30.7 Å². The molecule has 3 rings (SSSR count). The van der Waals surface area contributed by atoms with Crippen LogP contribution in [0.3, 0.4) is 0 Å². The Bertz CT molecular complexity index is 859. The first-order chi connectivity index (χ1) is 10.7. The highest BCUT2D eigenvalue weighted by molar-refractivity contribution is 7.99. The second-order valence-electron chi connectivity index (χ2n) is 4.82. The monoisotopic (exact) mass is 313 g/mol. The number of hydrogen-bond donors (Lipinski definition) is 1. The van der Waals surface area contributed by atoms with Crippen LogP contribution in [0.1, 0.15) is 5.56 Å². The molecule has 0 bridgehead atoms. The van der Waals surface area contributed by atoms with Gasteiger partial charge in [0.25, 0.3) is 5.56 Å². The van der Waals surface area contributed by atoms with Crippen LogP contribution >= 0.6 is 11.8 Å². The van der Waals surface area contributed by atoms with E-state index in [1.54, 1.807) is 18.3 Å². The molecule has 3 aromatic rings. The van der Waals surface area contributed by atoms with Gasteiger partial charge in [-0.25, -0.2) is 14.5 Å². The van der Waals surface area contributed by atoms with Crippen LogP contribution in [0.2, 0.25) is 0 Å². The number of aryl methyl sites for hydroxylation is 1. The maximum Gasteiger partial charge on any atom is 0.267 e. The summed E-state index contributed by atoms with van der Waals surface area (Å²) in [6.07, 6.45) is 1.72. The standard InChI is InChI=1S/C16H15N3O2S/c1-11-6-7-14(17-10-11)19-15(21)12-4-2-3-5-13(12)18-16(19)22-9-8-20/h2-7,10,20H,8-9H2,1H3. The molecule has 0 radical (unpaired) electrons. The number of aliphatic hydroxyl groups is 1. The molecule has 0 aliphatic rings. The third-order valence-corrected chi connectivity index (χ3v) is 4.11. The average Bonchev–Trinajstić information content (AvgIpc) is 2.54. The van der Waals surface area contributed by atoms with Crippen LogP contribution in [0.15, 0.2) is 52.5 Å². The molecule has 112 valence electrons. The maximum atomic E-state index is 12.8. The SMILES string of the molecule is Cc1ccc(-n2c(SCCO)nc3ccccc3c2=O)nc1. The third kappa shape index (κ3) is 2.75. The van der Waals surface area contributed by atoms with Crippen molar-refractivity contribution in [3.63, 3.8) is 0 Å². The predicted molar refractivity (Wildman–Crippen MR) is 87.7 cm³/mol. The normalized spacial score (nSPS) is 11.0. The summed E-state index contributed by atoms with van der Waals surface area (Å²) in [7, 11) is 0. The van der Waals surface area contributed by atoms with E-state index in [0.717, 1.165) is 5.56 Å². The first-order valence-electron chi connectivity index (χ1n) is 6.89. The molecule has 6 heteroatoms. The minimum absolute atomic E-state index is 0.0225.